The van der Waals surface area contributed by atoms with E-state index in [9.17, 15) is 4.79 Å². The largest absolute Gasteiger partial charge is 0.330 e. The summed E-state index contributed by atoms with van der Waals surface area (Å²) in [6.07, 6.45) is 0. The zero-order valence-electron chi connectivity index (χ0n) is 10.5. The summed E-state index contributed by atoms with van der Waals surface area (Å²) >= 11 is 2.25. The van der Waals surface area contributed by atoms with Gasteiger partial charge in [-0.05, 0) is 59.2 Å². The summed E-state index contributed by atoms with van der Waals surface area (Å²) < 4.78 is 1.16. The molecule has 1 aromatic rings. The molecule has 1 rings (SSSR count). The van der Waals surface area contributed by atoms with Crippen molar-refractivity contribution in [3.63, 3.8) is 0 Å². The number of carbonyl (C=O) groups is 1. The summed E-state index contributed by atoms with van der Waals surface area (Å²) in [5.41, 5.74) is 7.57. The summed E-state index contributed by atoms with van der Waals surface area (Å²) in [5.74, 6) is 0.129. The van der Waals surface area contributed by atoms with Crippen LogP contribution in [0.2, 0.25) is 0 Å². The Morgan fingerprint density at radius 1 is 1.47 bits per heavy atom. The Bertz CT molecular complexity index is 404. The van der Waals surface area contributed by atoms with Crippen LogP contribution in [0.25, 0.3) is 0 Å². The molecule has 1 unspecified atom stereocenters. The molecular formula is C13H19IN2O. The Morgan fingerprint density at radius 2 is 2.12 bits per heavy atom. The molecule has 0 heterocycles. The lowest BCUT2D eigenvalue weighted by atomic mass is 9.95. The molecule has 0 aliphatic carbocycles. The predicted molar refractivity (Wildman–Crippen MR) is 79.9 cm³/mol. The molecular weight excluding hydrogens is 327 g/mol. The number of hydrogen-bond acceptors (Lipinski definition) is 2. The first kappa shape index (κ1) is 14.4. The molecule has 0 saturated heterocycles. The van der Waals surface area contributed by atoms with Crippen LogP contribution in [-0.4, -0.2) is 12.5 Å². The highest BCUT2D eigenvalue weighted by molar-refractivity contribution is 14.1. The van der Waals surface area contributed by atoms with Gasteiger partial charge in [0, 0.05) is 15.8 Å². The summed E-state index contributed by atoms with van der Waals surface area (Å²) in [6.45, 7) is 6.40. The van der Waals surface area contributed by atoms with Gasteiger partial charge in [0.25, 0.3) is 0 Å². The third-order valence-corrected chi connectivity index (χ3v) is 3.51. The van der Waals surface area contributed by atoms with Crippen molar-refractivity contribution in [1.82, 2.24) is 0 Å². The lowest BCUT2D eigenvalue weighted by Crippen LogP contribution is -2.33. The number of halogens is 1. The predicted octanol–water partition coefficient (Wildman–Crippen LogP) is 2.77. The first-order valence-corrected chi connectivity index (χ1v) is 6.80. The molecule has 3 N–H and O–H groups in total. The van der Waals surface area contributed by atoms with Crippen molar-refractivity contribution in [2.45, 2.75) is 20.8 Å². The van der Waals surface area contributed by atoms with E-state index in [0.29, 0.717) is 6.54 Å². The van der Waals surface area contributed by atoms with Crippen LogP contribution in [0.15, 0.2) is 18.2 Å². The molecule has 0 aliphatic heterocycles. The third kappa shape index (κ3) is 3.96. The Kier molecular flexibility index (Phi) is 5.39. The van der Waals surface area contributed by atoms with Crippen molar-refractivity contribution in [2.75, 3.05) is 11.9 Å². The molecule has 0 saturated carbocycles. The van der Waals surface area contributed by atoms with E-state index >= 15 is 0 Å². The van der Waals surface area contributed by atoms with Crippen molar-refractivity contribution in [2.24, 2.45) is 17.6 Å². The highest BCUT2D eigenvalue weighted by Crippen LogP contribution is 2.19. The van der Waals surface area contributed by atoms with Crippen LogP contribution in [0.5, 0.6) is 0 Å². The number of carbonyl (C=O) groups excluding carboxylic acids is 1. The first-order chi connectivity index (χ1) is 7.95. The van der Waals surface area contributed by atoms with Crippen LogP contribution in [0, 0.1) is 22.3 Å². The van der Waals surface area contributed by atoms with Crippen LogP contribution < -0.4 is 11.1 Å². The molecule has 0 radical (unpaired) electrons. The molecule has 1 amide bonds. The molecule has 4 heteroatoms. The second-order valence-corrected chi connectivity index (χ2v) is 5.78. The third-order valence-electron chi connectivity index (χ3n) is 2.84. The molecule has 0 aliphatic rings. The number of anilines is 1. The highest BCUT2D eigenvalue weighted by Gasteiger charge is 2.20. The maximum absolute atomic E-state index is 12.0. The minimum atomic E-state index is -0.131. The number of amides is 1. The van der Waals surface area contributed by atoms with Crippen molar-refractivity contribution in [3.8, 4) is 0 Å². The van der Waals surface area contributed by atoms with Gasteiger partial charge in [0.1, 0.15) is 0 Å². The van der Waals surface area contributed by atoms with Crippen LogP contribution in [0.1, 0.15) is 19.4 Å². The second-order valence-electron chi connectivity index (χ2n) is 4.53. The van der Waals surface area contributed by atoms with Crippen molar-refractivity contribution >= 4 is 34.2 Å². The van der Waals surface area contributed by atoms with E-state index in [1.807, 2.05) is 39.0 Å². The Hall–Kier alpha value is -0.620. The van der Waals surface area contributed by atoms with Gasteiger partial charge < -0.3 is 11.1 Å². The van der Waals surface area contributed by atoms with Gasteiger partial charge in [-0.2, -0.15) is 0 Å². The molecule has 94 valence electrons. The number of rotatable bonds is 4. The average molecular weight is 346 g/mol. The zero-order chi connectivity index (χ0) is 13.0. The topological polar surface area (TPSA) is 55.1 Å². The molecule has 1 aromatic carbocycles. The minimum Gasteiger partial charge on any atom is -0.330 e. The SMILES string of the molecule is Cc1cc(I)ccc1NC(=O)C(CN)C(C)C. The number of hydrogen-bond donors (Lipinski definition) is 2. The van der Waals surface area contributed by atoms with E-state index < -0.39 is 0 Å². The summed E-state index contributed by atoms with van der Waals surface area (Å²) in [5, 5.41) is 2.95. The fourth-order valence-corrected chi connectivity index (χ4v) is 2.32. The fourth-order valence-electron chi connectivity index (χ4n) is 1.67. The van der Waals surface area contributed by atoms with Gasteiger partial charge >= 0.3 is 0 Å². The van der Waals surface area contributed by atoms with E-state index in [4.69, 9.17) is 5.73 Å². The summed E-state index contributed by atoms with van der Waals surface area (Å²) in [7, 11) is 0. The van der Waals surface area contributed by atoms with E-state index in [2.05, 4.69) is 27.9 Å². The number of benzene rings is 1. The van der Waals surface area contributed by atoms with Crippen molar-refractivity contribution in [3.05, 3.63) is 27.3 Å². The Balaban J connectivity index is 2.80. The van der Waals surface area contributed by atoms with Gasteiger partial charge in [0.2, 0.25) is 5.91 Å². The fraction of sp³-hybridized carbons (Fsp3) is 0.462. The number of nitrogens with two attached hydrogens (primary N) is 1. The van der Waals surface area contributed by atoms with E-state index in [-0.39, 0.29) is 17.7 Å². The van der Waals surface area contributed by atoms with E-state index in [0.717, 1.165) is 14.8 Å². The Labute approximate surface area is 116 Å². The van der Waals surface area contributed by atoms with E-state index in [1.165, 1.54) is 0 Å². The number of aryl methyl sites for hydroxylation is 1. The highest BCUT2D eigenvalue weighted by atomic mass is 127. The van der Waals surface area contributed by atoms with Crippen LogP contribution in [-0.2, 0) is 4.79 Å². The van der Waals surface area contributed by atoms with E-state index in [1.54, 1.807) is 0 Å². The van der Waals surface area contributed by atoms with Gasteiger partial charge in [-0.3, -0.25) is 4.79 Å². The molecule has 0 aromatic heterocycles. The molecule has 1 atom stereocenters. The van der Waals surface area contributed by atoms with Crippen molar-refractivity contribution < 1.29 is 4.79 Å². The molecule has 0 spiro atoms. The standard InChI is InChI=1S/C13H19IN2O/c1-8(2)11(7-15)13(17)16-12-5-4-10(14)6-9(12)3/h4-6,8,11H,7,15H2,1-3H3,(H,16,17). The molecule has 0 bridgehead atoms. The summed E-state index contributed by atoms with van der Waals surface area (Å²) in [6, 6.07) is 5.96. The van der Waals surface area contributed by atoms with Crippen LogP contribution >= 0.6 is 22.6 Å². The van der Waals surface area contributed by atoms with Gasteiger partial charge in [-0.15, -0.1) is 0 Å². The van der Waals surface area contributed by atoms with Gasteiger partial charge in [0.05, 0.1) is 5.92 Å². The van der Waals surface area contributed by atoms with Crippen LogP contribution in [0.4, 0.5) is 5.69 Å². The monoisotopic (exact) mass is 346 g/mol. The minimum absolute atomic E-state index is 0.00630. The van der Waals surface area contributed by atoms with Gasteiger partial charge in [-0.1, -0.05) is 13.8 Å². The molecule has 3 nitrogen and oxygen atoms in total. The smallest absolute Gasteiger partial charge is 0.229 e. The molecule has 17 heavy (non-hydrogen) atoms. The second kappa shape index (κ2) is 6.35. The first-order valence-electron chi connectivity index (χ1n) is 5.72. The lowest BCUT2D eigenvalue weighted by molar-refractivity contribution is -0.120. The summed E-state index contributed by atoms with van der Waals surface area (Å²) in [4.78, 5) is 12.0. The van der Waals surface area contributed by atoms with Gasteiger partial charge in [-0.25, -0.2) is 0 Å². The molecule has 0 fully saturated rings. The maximum atomic E-state index is 12.0. The normalized spacial score (nSPS) is 12.6. The van der Waals surface area contributed by atoms with Gasteiger partial charge in [0.15, 0.2) is 0 Å². The van der Waals surface area contributed by atoms with Crippen LogP contribution in [0.3, 0.4) is 0 Å². The Morgan fingerprint density at radius 3 is 2.59 bits per heavy atom. The average Bonchev–Trinajstić information content (AvgIpc) is 2.22. The zero-order valence-corrected chi connectivity index (χ0v) is 12.6. The maximum Gasteiger partial charge on any atom is 0.229 e. The quantitative estimate of drug-likeness (QED) is 0.824. The lowest BCUT2D eigenvalue weighted by Gasteiger charge is -2.19. The number of nitrogens with one attached hydrogen (secondary N) is 1. The van der Waals surface area contributed by atoms with Crippen molar-refractivity contribution in [1.29, 1.82) is 0 Å².